The van der Waals surface area contributed by atoms with E-state index in [4.69, 9.17) is 16.2 Å². The number of hydrogen-bond donors (Lipinski definition) is 2. The van der Waals surface area contributed by atoms with Crippen LogP contribution in [0, 0.1) is 0 Å². The van der Waals surface area contributed by atoms with Crippen LogP contribution in [0.3, 0.4) is 0 Å². The Balaban J connectivity index is 2.85. The van der Waals surface area contributed by atoms with Gasteiger partial charge in [0.25, 0.3) is 0 Å². The summed E-state index contributed by atoms with van der Waals surface area (Å²) in [6.45, 7) is 0.336. The maximum absolute atomic E-state index is 10.4. The average Bonchev–Trinajstić information content (AvgIpc) is 2.39. The number of benzene rings is 1. The van der Waals surface area contributed by atoms with Gasteiger partial charge in [-0.1, -0.05) is 22.4 Å². The van der Waals surface area contributed by atoms with Gasteiger partial charge < -0.3 is 5.11 Å². The molecule has 0 aromatic heterocycles. The Morgan fingerprint density at radius 1 is 1.21 bits per heavy atom. The van der Waals surface area contributed by atoms with Crippen LogP contribution in [0.2, 0.25) is 0 Å². The molecule has 0 fully saturated rings. The van der Waals surface area contributed by atoms with Gasteiger partial charge in [-0.05, 0) is 34.7 Å². The van der Waals surface area contributed by atoms with E-state index in [1.165, 1.54) is 0 Å². The van der Waals surface area contributed by atoms with Gasteiger partial charge in [-0.3, -0.25) is 5.32 Å². The fourth-order valence-corrected chi connectivity index (χ4v) is 1.50. The van der Waals surface area contributed by atoms with Crippen molar-refractivity contribution in [3.05, 3.63) is 50.7 Å². The molecule has 0 saturated heterocycles. The minimum atomic E-state index is -1.15. The molecule has 19 heavy (non-hydrogen) atoms. The number of nitrogens with one attached hydrogen (secondary N) is 1. The van der Waals surface area contributed by atoms with Crippen molar-refractivity contribution in [3.63, 3.8) is 0 Å². The highest BCUT2D eigenvalue weighted by atomic mass is 16.4. The third-order valence-electron chi connectivity index (χ3n) is 2.36. The lowest BCUT2D eigenvalue weighted by Gasteiger charge is -2.12. The van der Waals surface area contributed by atoms with E-state index in [0.29, 0.717) is 5.69 Å². The maximum Gasteiger partial charge on any atom is 0.409 e. The maximum atomic E-state index is 10.4. The van der Waals surface area contributed by atoms with Crippen LogP contribution >= 0.6 is 0 Å². The van der Waals surface area contributed by atoms with Crippen molar-refractivity contribution in [1.82, 2.24) is 0 Å². The first-order chi connectivity index (χ1) is 9.17. The fourth-order valence-electron chi connectivity index (χ4n) is 1.50. The Hall–Kier alpha value is -2.89. The molecule has 0 bridgehead atoms. The van der Waals surface area contributed by atoms with Crippen molar-refractivity contribution < 1.29 is 9.90 Å². The molecular formula is C10H11N7O2. The number of rotatable bonds is 6. The SMILES string of the molecule is [N-]=[N+]=NCC(CN=[N+]=[N-])c1ccc(NC(=O)O)cc1. The zero-order valence-electron chi connectivity index (χ0n) is 9.84. The molecule has 0 atom stereocenters. The molecule has 98 valence electrons. The smallest absolute Gasteiger partial charge is 0.409 e. The lowest BCUT2D eigenvalue weighted by molar-refractivity contribution is 0.210. The van der Waals surface area contributed by atoms with Gasteiger partial charge in [-0.25, -0.2) is 4.79 Å². The number of carboxylic acid groups (broad SMARTS) is 1. The Kier molecular flexibility index (Phi) is 5.55. The predicted molar refractivity (Wildman–Crippen MR) is 68.9 cm³/mol. The molecule has 0 aliphatic carbocycles. The summed E-state index contributed by atoms with van der Waals surface area (Å²) in [5.41, 5.74) is 17.9. The molecule has 0 radical (unpaired) electrons. The van der Waals surface area contributed by atoms with Gasteiger partial charge in [0, 0.05) is 28.6 Å². The summed E-state index contributed by atoms with van der Waals surface area (Å²) in [6.07, 6.45) is -1.15. The lowest BCUT2D eigenvalue weighted by atomic mass is 9.99. The molecule has 0 aliphatic heterocycles. The minimum Gasteiger partial charge on any atom is -0.465 e. The number of nitrogens with zero attached hydrogens (tertiary/aromatic N) is 6. The molecule has 1 aromatic rings. The van der Waals surface area contributed by atoms with Crippen LogP contribution < -0.4 is 5.32 Å². The molecule has 0 aliphatic rings. The minimum absolute atomic E-state index is 0.168. The van der Waals surface area contributed by atoms with Gasteiger partial charge in [0.1, 0.15) is 0 Å². The molecule has 0 heterocycles. The van der Waals surface area contributed by atoms with Crippen LogP contribution in [0.25, 0.3) is 20.9 Å². The van der Waals surface area contributed by atoms with Crippen molar-refractivity contribution >= 4 is 11.8 Å². The van der Waals surface area contributed by atoms with Crippen LogP contribution in [0.4, 0.5) is 10.5 Å². The van der Waals surface area contributed by atoms with Gasteiger partial charge in [0.15, 0.2) is 0 Å². The number of anilines is 1. The van der Waals surface area contributed by atoms with E-state index < -0.39 is 6.09 Å². The normalized spacial score (nSPS) is 10.7. The summed E-state index contributed by atoms with van der Waals surface area (Å²) in [4.78, 5) is 15.8. The van der Waals surface area contributed by atoms with Crippen LogP contribution in [-0.2, 0) is 0 Å². The summed E-state index contributed by atoms with van der Waals surface area (Å²) in [5, 5.41) is 17.7. The monoisotopic (exact) mass is 261 g/mol. The summed E-state index contributed by atoms with van der Waals surface area (Å²) >= 11 is 0. The van der Waals surface area contributed by atoms with E-state index in [1.807, 2.05) is 0 Å². The van der Waals surface area contributed by atoms with Crippen LogP contribution in [0.1, 0.15) is 11.5 Å². The number of carbonyl (C=O) groups is 1. The second kappa shape index (κ2) is 7.44. The predicted octanol–water partition coefficient (Wildman–Crippen LogP) is 3.48. The standard InChI is InChI=1S/C10H11N7O2/c11-16-13-5-8(6-14-17-12)7-1-3-9(4-2-7)15-10(18)19/h1-4,8,15H,5-6H2,(H,18,19). The molecule has 1 amide bonds. The molecule has 9 heteroatoms. The summed E-state index contributed by atoms with van der Waals surface area (Å²) < 4.78 is 0. The van der Waals surface area contributed by atoms with E-state index in [1.54, 1.807) is 24.3 Å². The number of amides is 1. The first kappa shape index (κ1) is 14.2. The summed E-state index contributed by atoms with van der Waals surface area (Å²) in [7, 11) is 0. The van der Waals surface area contributed by atoms with E-state index in [2.05, 4.69) is 25.4 Å². The van der Waals surface area contributed by atoms with Gasteiger partial charge in [0.2, 0.25) is 0 Å². The second-order valence-corrected chi connectivity index (χ2v) is 3.58. The molecule has 0 unspecified atom stereocenters. The lowest BCUT2D eigenvalue weighted by Crippen LogP contribution is -2.09. The Bertz CT molecular complexity index is 509. The second-order valence-electron chi connectivity index (χ2n) is 3.58. The third kappa shape index (κ3) is 4.86. The molecule has 0 saturated carbocycles. The molecule has 2 N–H and O–H groups in total. The van der Waals surface area contributed by atoms with E-state index in [0.717, 1.165) is 5.56 Å². The van der Waals surface area contributed by atoms with Crippen molar-refractivity contribution in [3.8, 4) is 0 Å². The van der Waals surface area contributed by atoms with Crippen molar-refractivity contribution in [2.45, 2.75) is 5.92 Å². The third-order valence-corrected chi connectivity index (χ3v) is 2.36. The van der Waals surface area contributed by atoms with Crippen LogP contribution in [0.15, 0.2) is 34.5 Å². The average molecular weight is 261 g/mol. The number of hydrogen-bond acceptors (Lipinski definition) is 3. The van der Waals surface area contributed by atoms with Crippen LogP contribution in [-0.4, -0.2) is 24.3 Å². The zero-order valence-corrected chi connectivity index (χ0v) is 9.84. The van der Waals surface area contributed by atoms with E-state index in [9.17, 15) is 4.79 Å². The highest BCUT2D eigenvalue weighted by Gasteiger charge is 2.10. The van der Waals surface area contributed by atoms with Crippen molar-refractivity contribution in [2.75, 3.05) is 18.4 Å². The molecular weight excluding hydrogens is 250 g/mol. The Morgan fingerprint density at radius 2 is 1.74 bits per heavy atom. The quantitative estimate of drug-likeness (QED) is 0.458. The summed E-state index contributed by atoms with van der Waals surface area (Å²) in [5.74, 6) is -0.231. The Morgan fingerprint density at radius 3 is 2.16 bits per heavy atom. The van der Waals surface area contributed by atoms with E-state index >= 15 is 0 Å². The van der Waals surface area contributed by atoms with Crippen LogP contribution in [0.5, 0.6) is 0 Å². The molecule has 0 spiro atoms. The van der Waals surface area contributed by atoms with Gasteiger partial charge in [-0.15, -0.1) is 0 Å². The topological polar surface area (TPSA) is 147 Å². The van der Waals surface area contributed by atoms with Gasteiger partial charge in [0.05, 0.1) is 0 Å². The molecule has 1 rings (SSSR count). The summed E-state index contributed by atoms with van der Waals surface area (Å²) in [6, 6.07) is 6.55. The first-order valence-corrected chi connectivity index (χ1v) is 5.29. The van der Waals surface area contributed by atoms with E-state index in [-0.39, 0.29) is 19.0 Å². The zero-order chi connectivity index (χ0) is 14.1. The first-order valence-electron chi connectivity index (χ1n) is 5.29. The van der Waals surface area contributed by atoms with Gasteiger partial charge in [-0.2, -0.15) is 0 Å². The van der Waals surface area contributed by atoms with Crippen molar-refractivity contribution in [1.29, 1.82) is 0 Å². The van der Waals surface area contributed by atoms with Crippen molar-refractivity contribution in [2.24, 2.45) is 10.2 Å². The Labute approximate surface area is 108 Å². The molecule has 9 nitrogen and oxygen atoms in total. The largest absolute Gasteiger partial charge is 0.465 e. The highest BCUT2D eigenvalue weighted by Crippen LogP contribution is 2.19. The highest BCUT2D eigenvalue weighted by molar-refractivity contribution is 5.82. The molecule has 1 aromatic carbocycles. The van der Waals surface area contributed by atoms with Gasteiger partial charge >= 0.3 is 6.09 Å². The fraction of sp³-hybridized carbons (Fsp3) is 0.300. The number of azide groups is 2.